The first kappa shape index (κ1) is 12.4. The molecule has 0 aliphatic rings. The van der Waals surface area contributed by atoms with Crippen LogP contribution >= 0.6 is 0 Å². The van der Waals surface area contributed by atoms with Crippen molar-refractivity contribution >= 4 is 5.91 Å². The highest BCUT2D eigenvalue weighted by Gasteiger charge is 2.16. The number of carbonyl (C=O) groups is 1. The number of hydrogen-bond acceptors (Lipinski definition) is 2. The topological polar surface area (TPSA) is 55.1 Å². The highest BCUT2D eigenvalue weighted by atomic mass is 16.1. The normalized spacial score (nSPS) is 13.0. The first-order valence-corrected chi connectivity index (χ1v) is 5.19. The number of rotatable bonds is 6. The summed E-state index contributed by atoms with van der Waals surface area (Å²) < 4.78 is 0. The first-order chi connectivity index (χ1) is 6.19. The number of nitrogens with two attached hydrogens (primary N) is 1. The van der Waals surface area contributed by atoms with Crippen molar-refractivity contribution in [3.63, 3.8) is 0 Å². The summed E-state index contributed by atoms with van der Waals surface area (Å²) in [5, 5.41) is 3.00. The van der Waals surface area contributed by atoms with Crippen molar-refractivity contribution in [2.45, 2.75) is 46.1 Å². The van der Waals surface area contributed by atoms with Gasteiger partial charge in [-0.1, -0.05) is 20.8 Å². The van der Waals surface area contributed by atoms with Gasteiger partial charge >= 0.3 is 0 Å². The Hall–Kier alpha value is -0.570. The van der Waals surface area contributed by atoms with Crippen LogP contribution < -0.4 is 11.1 Å². The predicted octanol–water partition coefficient (Wildman–Crippen LogP) is 1.28. The third-order valence-electron chi connectivity index (χ3n) is 2.48. The van der Waals surface area contributed by atoms with Crippen LogP contribution in [0, 0.1) is 5.92 Å². The quantitative estimate of drug-likeness (QED) is 0.656. The van der Waals surface area contributed by atoms with E-state index in [1.165, 1.54) is 0 Å². The molecular weight excluding hydrogens is 164 g/mol. The summed E-state index contributed by atoms with van der Waals surface area (Å²) in [7, 11) is 0. The molecule has 78 valence electrons. The molecule has 0 saturated heterocycles. The Morgan fingerprint density at radius 1 is 1.23 bits per heavy atom. The van der Waals surface area contributed by atoms with E-state index in [-0.39, 0.29) is 11.8 Å². The Bertz CT molecular complexity index is 140. The molecular formula is C10H22N2O. The molecule has 1 unspecified atom stereocenters. The van der Waals surface area contributed by atoms with Crippen molar-refractivity contribution in [2.75, 3.05) is 6.54 Å². The largest absolute Gasteiger partial charge is 0.353 e. The lowest BCUT2D eigenvalue weighted by Gasteiger charge is -2.18. The summed E-state index contributed by atoms with van der Waals surface area (Å²) in [5.41, 5.74) is 5.48. The molecule has 0 heterocycles. The molecule has 0 aromatic heterocycles. The lowest BCUT2D eigenvalue weighted by molar-refractivity contribution is -0.125. The highest BCUT2D eigenvalue weighted by Crippen LogP contribution is 2.03. The second kappa shape index (κ2) is 6.89. The average molecular weight is 186 g/mol. The van der Waals surface area contributed by atoms with Crippen LogP contribution in [0.4, 0.5) is 0 Å². The fourth-order valence-corrected chi connectivity index (χ4v) is 1.27. The minimum atomic E-state index is -0.0133. The van der Waals surface area contributed by atoms with Crippen LogP contribution in [0.15, 0.2) is 0 Å². The molecule has 1 atom stereocenters. The third kappa shape index (κ3) is 4.27. The molecule has 1 amide bonds. The molecule has 3 nitrogen and oxygen atoms in total. The molecule has 0 fully saturated rings. The van der Waals surface area contributed by atoms with E-state index in [9.17, 15) is 4.79 Å². The number of amides is 1. The van der Waals surface area contributed by atoms with E-state index in [2.05, 4.69) is 19.2 Å². The molecule has 0 aromatic rings. The van der Waals surface area contributed by atoms with Crippen LogP contribution in [0.3, 0.4) is 0 Å². The van der Waals surface area contributed by atoms with Crippen LogP contribution in [0.5, 0.6) is 0 Å². The molecule has 0 bridgehead atoms. The molecule has 0 spiro atoms. The van der Waals surface area contributed by atoms with Gasteiger partial charge in [0.25, 0.3) is 0 Å². The lowest BCUT2D eigenvalue weighted by atomic mass is 10.0. The smallest absolute Gasteiger partial charge is 0.224 e. The van der Waals surface area contributed by atoms with Crippen LogP contribution in [0.2, 0.25) is 0 Å². The average Bonchev–Trinajstić information content (AvgIpc) is 2.16. The van der Waals surface area contributed by atoms with Crippen molar-refractivity contribution in [1.29, 1.82) is 0 Å². The zero-order valence-electron chi connectivity index (χ0n) is 8.97. The maximum Gasteiger partial charge on any atom is 0.224 e. The molecule has 0 aromatic carbocycles. The van der Waals surface area contributed by atoms with E-state index in [1.54, 1.807) is 0 Å². The zero-order valence-corrected chi connectivity index (χ0v) is 8.97. The Morgan fingerprint density at radius 2 is 1.77 bits per heavy atom. The summed E-state index contributed by atoms with van der Waals surface area (Å²) in [4.78, 5) is 11.5. The number of carbonyl (C=O) groups excluding carboxylic acids is 1. The summed E-state index contributed by atoms with van der Waals surface area (Å²) in [6, 6.07) is 0.313. The van der Waals surface area contributed by atoms with Crippen molar-refractivity contribution in [1.82, 2.24) is 5.32 Å². The van der Waals surface area contributed by atoms with Crippen LogP contribution in [-0.4, -0.2) is 18.5 Å². The Morgan fingerprint density at radius 3 is 2.08 bits per heavy atom. The molecule has 0 aliphatic carbocycles. The fourth-order valence-electron chi connectivity index (χ4n) is 1.27. The van der Waals surface area contributed by atoms with Crippen LogP contribution in [-0.2, 0) is 4.79 Å². The van der Waals surface area contributed by atoms with Gasteiger partial charge in [-0.2, -0.15) is 0 Å². The van der Waals surface area contributed by atoms with Gasteiger partial charge in [-0.25, -0.2) is 0 Å². The predicted molar refractivity (Wildman–Crippen MR) is 55.3 cm³/mol. The summed E-state index contributed by atoms with van der Waals surface area (Å²) in [5.74, 6) is 0.0966. The van der Waals surface area contributed by atoms with Gasteiger partial charge < -0.3 is 11.1 Å². The van der Waals surface area contributed by atoms with E-state index in [1.807, 2.05) is 6.92 Å². The van der Waals surface area contributed by atoms with Gasteiger partial charge in [-0.3, -0.25) is 4.79 Å². The van der Waals surface area contributed by atoms with Gasteiger partial charge in [0.1, 0.15) is 0 Å². The molecule has 3 heteroatoms. The second-order valence-corrected chi connectivity index (χ2v) is 3.36. The first-order valence-electron chi connectivity index (χ1n) is 5.19. The van der Waals surface area contributed by atoms with Crippen LogP contribution in [0.1, 0.15) is 40.0 Å². The second-order valence-electron chi connectivity index (χ2n) is 3.36. The van der Waals surface area contributed by atoms with E-state index >= 15 is 0 Å². The molecule has 0 aliphatic heterocycles. The Labute approximate surface area is 81.1 Å². The minimum absolute atomic E-state index is 0.0133. The minimum Gasteiger partial charge on any atom is -0.353 e. The summed E-state index contributed by atoms with van der Waals surface area (Å²) in [6.45, 7) is 6.60. The Kier molecular flexibility index (Phi) is 6.59. The van der Waals surface area contributed by atoms with Crippen molar-refractivity contribution < 1.29 is 4.79 Å². The van der Waals surface area contributed by atoms with Crippen LogP contribution in [0.25, 0.3) is 0 Å². The van der Waals surface area contributed by atoms with Gasteiger partial charge in [0.2, 0.25) is 5.91 Å². The van der Waals surface area contributed by atoms with Crippen molar-refractivity contribution in [3.8, 4) is 0 Å². The van der Waals surface area contributed by atoms with Gasteiger partial charge in [-0.05, 0) is 19.3 Å². The standard InChI is InChI=1S/C10H22N2O/c1-4-8(7-11)10(13)12-9(5-2)6-3/h8-9H,4-7,11H2,1-3H3,(H,12,13). The molecule has 3 N–H and O–H groups in total. The Balaban J connectivity index is 3.95. The maximum absolute atomic E-state index is 11.5. The SMILES string of the molecule is CCC(CC)NC(=O)C(CC)CN. The van der Waals surface area contributed by atoms with Gasteiger partial charge in [0.05, 0.1) is 0 Å². The van der Waals surface area contributed by atoms with E-state index in [4.69, 9.17) is 5.73 Å². The molecule has 0 radical (unpaired) electrons. The molecule has 0 saturated carbocycles. The van der Waals surface area contributed by atoms with Crippen molar-refractivity contribution in [3.05, 3.63) is 0 Å². The number of nitrogens with one attached hydrogen (secondary N) is 1. The highest BCUT2D eigenvalue weighted by molar-refractivity contribution is 5.79. The summed E-state index contributed by atoms with van der Waals surface area (Å²) in [6.07, 6.45) is 2.80. The van der Waals surface area contributed by atoms with Gasteiger partial charge in [-0.15, -0.1) is 0 Å². The van der Waals surface area contributed by atoms with Crippen molar-refractivity contribution in [2.24, 2.45) is 11.7 Å². The number of hydrogen-bond donors (Lipinski definition) is 2. The molecule has 13 heavy (non-hydrogen) atoms. The van der Waals surface area contributed by atoms with E-state index in [0.717, 1.165) is 19.3 Å². The lowest BCUT2D eigenvalue weighted by Crippen LogP contribution is -2.40. The fraction of sp³-hybridized carbons (Fsp3) is 0.900. The molecule has 0 rings (SSSR count). The van der Waals surface area contributed by atoms with E-state index in [0.29, 0.717) is 12.6 Å². The third-order valence-corrected chi connectivity index (χ3v) is 2.48. The maximum atomic E-state index is 11.5. The van der Waals surface area contributed by atoms with Gasteiger partial charge in [0, 0.05) is 18.5 Å². The zero-order chi connectivity index (χ0) is 10.3. The summed E-state index contributed by atoms with van der Waals surface area (Å²) >= 11 is 0. The van der Waals surface area contributed by atoms with Gasteiger partial charge in [0.15, 0.2) is 0 Å². The van der Waals surface area contributed by atoms with E-state index < -0.39 is 0 Å². The monoisotopic (exact) mass is 186 g/mol.